The van der Waals surface area contributed by atoms with Gasteiger partial charge in [-0.1, -0.05) is 12.1 Å². The molecule has 1 amide bonds. The van der Waals surface area contributed by atoms with E-state index >= 15 is 0 Å². The standard InChI is InChI=1S/C15H21N3O2/c1-11-10-17(2)7-8-18(11)15(19)14-9-16-12-5-3-4-6-13(12)20-14/h3-6,11,14,16H,7-10H2,1-2H3. The molecule has 0 radical (unpaired) electrons. The predicted octanol–water partition coefficient (Wildman–Crippen LogP) is 1.02. The number of carbonyl (C=O) groups is 1. The van der Waals surface area contributed by atoms with Gasteiger partial charge in [-0.25, -0.2) is 0 Å². The van der Waals surface area contributed by atoms with Gasteiger partial charge < -0.3 is 19.9 Å². The Hall–Kier alpha value is -1.75. The van der Waals surface area contributed by atoms with Crippen molar-refractivity contribution >= 4 is 11.6 Å². The lowest BCUT2D eigenvalue weighted by molar-refractivity contribution is -0.142. The first-order chi connectivity index (χ1) is 9.65. The summed E-state index contributed by atoms with van der Waals surface area (Å²) in [6.45, 7) is 5.25. The van der Waals surface area contributed by atoms with Crippen LogP contribution in [0.15, 0.2) is 24.3 Å². The van der Waals surface area contributed by atoms with Crippen LogP contribution in [0.2, 0.25) is 0 Å². The monoisotopic (exact) mass is 275 g/mol. The van der Waals surface area contributed by atoms with Crippen molar-refractivity contribution in [3.8, 4) is 5.75 Å². The summed E-state index contributed by atoms with van der Waals surface area (Å²) in [5.41, 5.74) is 0.961. The highest BCUT2D eigenvalue weighted by molar-refractivity contribution is 5.83. The van der Waals surface area contributed by atoms with Crippen LogP contribution in [0, 0.1) is 0 Å². The molecule has 1 fully saturated rings. The molecule has 1 aromatic rings. The fraction of sp³-hybridized carbons (Fsp3) is 0.533. The highest BCUT2D eigenvalue weighted by Gasteiger charge is 2.33. The van der Waals surface area contributed by atoms with E-state index in [1.807, 2.05) is 29.2 Å². The number of likely N-dealkylation sites (N-methyl/N-ethyl adjacent to an activating group) is 1. The molecule has 3 rings (SSSR count). The lowest BCUT2D eigenvalue weighted by Crippen LogP contribution is -2.57. The van der Waals surface area contributed by atoms with Crippen LogP contribution in [-0.2, 0) is 4.79 Å². The molecule has 2 atom stereocenters. The normalized spacial score (nSPS) is 26.4. The maximum Gasteiger partial charge on any atom is 0.265 e. The van der Waals surface area contributed by atoms with Gasteiger partial charge in [0.2, 0.25) is 0 Å². The second-order valence-electron chi connectivity index (χ2n) is 5.63. The molecular weight excluding hydrogens is 254 g/mol. The SMILES string of the molecule is CC1CN(C)CCN1C(=O)C1CNc2ccccc2O1. The maximum atomic E-state index is 12.6. The maximum absolute atomic E-state index is 12.6. The average molecular weight is 275 g/mol. The van der Waals surface area contributed by atoms with E-state index in [2.05, 4.69) is 24.2 Å². The van der Waals surface area contributed by atoms with Gasteiger partial charge in [-0.3, -0.25) is 4.79 Å². The highest BCUT2D eigenvalue weighted by Crippen LogP contribution is 2.29. The number of amides is 1. The Morgan fingerprint density at radius 2 is 2.15 bits per heavy atom. The van der Waals surface area contributed by atoms with Crippen molar-refractivity contribution in [2.45, 2.75) is 19.1 Å². The van der Waals surface area contributed by atoms with Crippen LogP contribution in [0.5, 0.6) is 5.75 Å². The number of hydrogen-bond donors (Lipinski definition) is 1. The molecule has 0 aliphatic carbocycles. The minimum Gasteiger partial charge on any atom is -0.477 e. The minimum absolute atomic E-state index is 0.0904. The van der Waals surface area contributed by atoms with Crippen LogP contribution in [0.3, 0.4) is 0 Å². The third-order valence-electron chi connectivity index (χ3n) is 4.02. The van der Waals surface area contributed by atoms with E-state index in [9.17, 15) is 4.79 Å². The summed E-state index contributed by atoms with van der Waals surface area (Å²) in [5, 5.41) is 3.27. The zero-order chi connectivity index (χ0) is 14.1. The number of carbonyl (C=O) groups excluding carboxylic acids is 1. The number of para-hydroxylation sites is 2. The summed E-state index contributed by atoms with van der Waals surface area (Å²) in [6, 6.07) is 7.98. The third kappa shape index (κ3) is 2.45. The van der Waals surface area contributed by atoms with Gasteiger partial charge in [0.05, 0.1) is 12.2 Å². The van der Waals surface area contributed by atoms with Crippen molar-refractivity contribution in [1.82, 2.24) is 9.80 Å². The van der Waals surface area contributed by atoms with E-state index in [1.165, 1.54) is 0 Å². The Labute approximate surface area is 119 Å². The first-order valence-corrected chi connectivity index (χ1v) is 7.14. The fourth-order valence-corrected chi connectivity index (χ4v) is 2.90. The van der Waals surface area contributed by atoms with Gasteiger partial charge in [0.1, 0.15) is 5.75 Å². The molecule has 0 aromatic heterocycles. The quantitative estimate of drug-likeness (QED) is 0.831. The zero-order valence-corrected chi connectivity index (χ0v) is 12.0. The number of ether oxygens (including phenoxy) is 1. The van der Waals surface area contributed by atoms with Gasteiger partial charge in [0.15, 0.2) is 6.10 Å². The zero-order valence-electron chi connectivity index (χ0n) is 12.0. The number of rotatable bonds is 1. The summed E-state index contributed by atoms with van der Waals surface area (Å²) in [4.78, 5) is 16.8. The number of nitrogens with one attached hydrogen (secondary N) is 1. The smallest absolute Gasteiger partial charge is 0.265 e. The molecule has 2 heterocycles. The van der Waals surface area contributed by atoms with Crippen molar-refractivity contribution in [1.29, 1.82) is 0 Å². The first-order valence-electron chi connectivity index (χ1n) is 7.14. The number of benzene rings is 1. The van der Waals surface area contributed by atoms with Crippen molar-refractivity contribution in [3.05, 3.63) is 24.3 Å². The van der Waals surface area contributed by atoms with E-state index in [4.69, 9.17) is 4.74 Å². The van der Waals surface area contributed by atoms with Crippen molar-refractivity contribution in [2.24, 2.45) is 0 Å². The van der Waals surface area contributed by atoms with Gasteiger partial charge in [0, 0.05) is 25.7 Å². The summed E-state index contributed by atoms with van der Waals surface area (Å²) in [7, 11) is 2.09. The Morgan fingerprint density at radius 1 is 1.35 bits per heavy atom. The Kier molecular flexibility index (Phi) is 3.53. The Morgan fingerprint density at radius 3 is 2.95 bits per heavy atom. The number of nitrogens with zero attached hydrogens (tertiary/aromatic N) is 2. The van der Waals surface area contributed by atoms with Crippen molar-refractivity contribution in [2.75, 3.05) is 38.5 Å². The van der Waals surface area contributed by atoms with Crippen LogP contribution in [-0.4, -0.2) is 61.1 Å². The summed E-state index contributed by atoms with van der Waals surface area (Å²) in [5.74, 6) is 0.853. The molecular formula is C15H21N3O2. The van der Waals surface area contributed by atoms with Gasteiger partial charge in [-0.05, 0) is 26.1 Å². The molecule has 0 saturated carbocycles. The average Bonchev–Trinajstić information content (AvgIpc) is 2.46. The lowest BCUT2D eigenvalue weighted by atomic mass is 10.1. The molecule has 20 heavy (non-hydrogen) atoms. The van der Waals surface area contributed by atoms with Gasteiger partial charge in [0.25, 0.3) is 5.91 Å². The van der Waals surface area contributed by atoms with Crippen LogP contribution in [0.1, 0.15) is 6.92 Å². The van der Waals surface area contributed by atoms with Gasteiger partial charge >= 0.3 is 0 Å². The summed E-state index contributed by atoms with van der Waals surface area (Å²) >= 11 is 0. The van der Waals surface area contributed by atoms with E-state index in [0.717, 1.165) is 31.1 Å². The van der Waals surface area contributed by atoms with E-state index in [1.54, 1.807) is 0 Å². The molecule has 1 aromatic carbocycles. The Bertz CT molecular complexity index is 506. The molecule has 0 spiro atoms. The summed E-state index contributed by atoms with van der Waals surface area (Å²) < 4.78 is 5.85. The van der Waals surface area contributed by atoms with E-state index in [0.29, 0.717) is 6.54 Å². The molecule has 0 bridgehead atoms. The topological polar surface area (TPSA) is 44.8 Å². The second-order valence-corrected chi connectivity index (χ2v) is 5.63. The number of anilines is 1. The molecule has 5 heteroatoms. The van der Waals surface area contributed by atoms with Crippen LogP contribution < -0.4 is 10.1 Å². The third-order valence-corrected chi connectivity index (χ3v) is 4.02. The number of fused-ring (bicyclic) bond motifs is 1. The van der Waals surface area contributed by atoms with E-state index < -0.39 is 6.10 Å². The molecule has 108 valence electrons. The number of hydrogen-bond acceptors (Lipinski definition) is 4. The molecule has 1 N–H and O–H groups in total. The lowest BCUT2D eigenvalue weighted by Gasteiger charge is -2.40. The van der Waals surface area contributed by atoms with E-state index in [-0.39, 0.29) is 11.9 Å². The van der Waals surface area contributed by atoms with Gasteiger partial charge in [-0.15, -0.1) is 0 Å². The largest absolute Gasteiger partial charge is 0.477 e. The van der Waals surface area contributed by atoms with Gasteiger partial charge in [-0.2, -0.15) is 0 Å². The number of piperazine rings is 1. The molecule has 1 saturated heterocycles. The molecule has 5 nitrogen and oxygen atoms in total. The van der Waals surface area contributed by atoms with Crippen molar-refractivity contribution < 1.29 is 9.53 Å². The minimum atomic E-state index is -0.421. The summed E-state index contributed by atoms with van der Waals surface area (Å²) in [6.07, 6.45) is -0.421. The fourth-order valence-electron chi connectivity index (χ4n) is 2.90. The van der Waals surface area contributed by atoms with Crippen molar-refractivity contribution in [3.63, 3.8) is 0 Å². The van der Waals surface area contributed by atoms with Crippen LogP contribution >= 0.6 is 0 Å². The molecule has 2 aliphatic heterocycles. The Balaban J connectivity index is 1.70. The predicted molar refractivity (Wildman–Crippen MR) is 78.0 cm³/mol. The van der Waals surface area contributed by atoms with Crippen LogP contribution in [0.25, 0.3) is 0 Å². The highest BCUT2D eigenvalue weighted by atomic mass is 16.5. The first kappa shape index (κ1) is 13.2. The molecule has 2 unspecified atom stereocenters. The second kappa shape index (κ2) is 5.32. The molecule has 2 aliphatic rings. The van der Waals surface area contributed by atoms with Crippen LogP contribution in [0.4, 0.5) is 5.69 Å².